The van der Waals surface area contributed by atoms with Gasteiger partial charge in [-0.05, 0) is 96.5 Å². The number of piperazine rings is 1. The van der Waals surface area contributed by atoms with Gasteiger partial charge in [-0.1, -0.05) is 26.3 Å². The maximum absolute atomic E-state index is 5.80. The van der Waals surface area contributed by atoms with Crippen molar-refractivity contribution in [2.75, 3.05) is 61.7 Å². The van der Waals surface area contributed by atoms with Gasteiger partial charge in [0.25, 0.3) is 0 Å². The number of hydrogen-bond acceptors (Lipinski definition) is 9. The number of rotatable bonds is 14. The van der Waals surface area contributed by atoms with Gasteiger partial charge in [0.2, 0.25) is 5.75 Å². The van der Waals surface area contributed by atoms with Crippen molar-refractivity contribution < 1.29 is 23.7 Å². The summed E-state index contributed by atoms with van der Waals surface area (Å²) in [5.74, 6) is 4.68. The van der Waals surface area contributed by atoms with Gasteiger partial charge >= 0.3 is 0 Å². The Balaban J connectivity index is 1.16. The molecule has 1 unspecified atom stereocenters. The largest absolute Gasteiger partial charge is 0.493 e. The minimum Gasteiger partial charge on any atom is -0.493 e. The van der Waals surface area contributed by atoms with E-state index in [0.717, 1.165) is 67.5 Å². The molecule has 0 radical (unpaired) electrons. The van der Waals surface area contributed by atoms with Crippen LogP contribution in [0.4, 0.5) is 0 Å². The Morgan fingerprint density at radius 1 is 0.840 bits per heavy atom. The van der Waals surface area contributed by atoms with E-state index < -0.39 is 0 Å². The van der Waals surface area contributed by atoms with Crippen LogP contribution in [0.2, 0.25) is 0 Å². The molecule has 1 saturated carbocycles. The first-order valence-electron chi connectivity index (χ1n) is 17.9. The zero-order valence-corrected chi connectivity index (χ0v) is 30.8. The van der Waals surface area contributed by atoms with Gasteiger partial charge in [0, 0.05) is 56.1 Å². The lowest BCUT2D eigenvalue weighted by molar-refractivity contribution is 0.0661. The van der Waals surface area contributed by atoms with Gasteiger partial charge in [0.1, 0.15) is 0 Å². The van der Waals surface area contributed by atoms with E-state index in [1.54, 1.807) is 35.5 Å². The molecule has 50 heavy (non-hydrogen) atoms. The average Bonchev–Trinajstić information content (AvgIpc) is 3.11. The number of ether oxygens (including phenoxy) is 5. The summed E-state index contributed by atoms with van der Waals surface area (Å²) in [6.45, 7) is 9.53. The van der Waals surface area contributed by atoms with Crippen molar-refractivity contribution in [2.45, 2.75) is 64.1 Å². The minimum absolute atomic E-state index is 0.00454. The van der Waals surface area contributed by atoms with Crippen molar-refractivity contribution in [3.63, 3.8) is 0 Å². The molecule has 2 aliphatic heterocycles. The molecule has 0 spiro atoms. The van der Waals surface area contributed by atoms with Gasteiger partial charge in [-0.15, -0.1) is 0 Å². The molecule has 3 aliphatic rings. The quantitative estimate of drug-likeness (QED) is 0.188. The van der Waals surface area contributed by atoms with E-state index in [9.17, 15) is 0 Å². The first-order valence-corrected chi connectivity index (χ1v) is 17.9. The highest BCUT2D eigenvalue weighted by molar-refractivity contribution is 5.67. The van der Waals surface area contributed by atoms with Crippen LogP contribution in [0.1, 0.15) is 68.2 Å². The predicted octanol–water partition coefficient (Wildman–Crippen LogP) is 7.38. The van der Waals surface area contributed by atoms with E-state index in [0.29, 0.717) is 35.1 Å². The molecule has 6 rings (SSSR count). The molecule has 9 heteroatoms. The highest BCUT2D eigenvalue weighted by atomic mass is 16.5. The lowest BCUT2D eigenvalue weighted by Crippen LogP contribution is -2.53. The maximum atomic E-state index is 5.80. The number of benzene rings is 2. The Morgan fingerprint density at radius 2 is 1.56 bits per heavy atom. The second kappa shape index (κ2) is 16.2. The molecule has 3 heterocycles. The molecule has 0 amide bonds. The van der Waals surface area contributed by atoms with Crippen LogP contribution in [0.15, 0.2) is 66.5 Å². The van der Waals surface area contributed by atoms with Crippen molar-refractivity contribution >= 4 is 0 Å². The van der Waals surface area contributed by atoms with Gasteiger partial charge in [-0.3, -0.25) is 14.8 Å². The van der Waals surface area contributed by atoms with E-state index in [1.807, 2.05) is 18.3 Å². The Hall–Kier alpha value is -4.21. The Morgan fingerprint density at radius 3 is 2.20 bits per heavy atom. The molecule has 268 valence electrons. The van der Waals surface area contributed by atoms with Gasteiger partial charge in [0.05, 0.1) is 47.3 Å². The van der Waals surface area contributed by atoms with Crippen LogP contribution >= 0.6 is 0 Å². The third kappa shape index (κ3) is 7.89. The van der Waals surface area contributed by atoms with Gasteiger partial charge in [-0.25, -0.2) is 0 Å². The van der Waals surface area contributed by atoms with Gasteiger partial charge < -0.3 is 29.0 Å². The molecule has 0 bridgehead atoms. The van der Waals surface area contributed by atoms with Crippen LogP contribution in [-0.4, -0.2) is 82.6 Å². The van der Waals surface area contributed by atoms with Crippen LogP contribution in [0.25, 0.3) is 11.3 Å². The monoisotopic (exact) mass is 682 g/mol. The number of nitrogens with zero attached hydrogens (tertiary/aromatic N) is 3. The standard InChI is InChI=1S/C41H54N4O5/c1-27(2)17-33-26-44(24-28-11-13-42-35(18-28)31-20-34(30-9-8-10-30)40(49-6)37(21-31)46-3)15-16-45(33)25-29-12-14-43-36(19-29)32-22-38(47-4)41(50-7)39(23-32)48-5/h11-14,18-23,27,30,33,36,43H,8-10,15-17,24-26H2,1-7H3/t33-,36?/m0/s1. The molecule has 1 aliphatic carbocycles. The number of pyridine rings is 1. The first-order chi connectivity index (χ1) is 24.3. The maximum Gasteiger partial charge on any atom is 0.203 e. The molecule has 2 fully saturated rings. The average molecular weight is 683 g/mol. The van der Waals surface area contributed by atoms with Crippen LogP contribution in [0.5, 0.6) is 28.7 Å². The fraction of sp³-hybridized carbons (Fsp3) is 0.488. The molecule has 1 N–H and O–H groups in total. The second-order valence-electron chi connectivity index (χ2n) is 14.1. The number of nitrogens with one attached hydrogen (secondary N) is 1. The summed E-state index contributed by atoms with van der Waals surface area (Å²) in [6.07, 6.45) is 13.3. The van der Waals surface area contributed by atoms with Gasteiger partial charge in [0.15, 0.2) is 23.0 Å². The molecule has 1 aromatic heterocycles. The Bertz CT molecular complexity index is 1660. The van der Waals surface area contributed by atoms with Crippen molar-refractivity contribution in [1.29, 1.82) is 0 Å². The number of aromatic nitrogens is 1. The van der Waals surface area contributed by atoms with Crippen molar-refractivity contribution in [3.8, 4) is 40.0 Å². The SMILES string of the molecule is COc1cc(C2C=C(CN3CCN(Cc4ccnc(-c5cc(OC)c(OC)c(C6CCC6)c5)c4)C[C@@H]3CC(C)C)C=CN2)cc(OC)c1OC. The highest BCUT2D eigenvalue weighted by Gasteiger charge is 2.30. The van der Waals surface area contributed by atoms with E-state index in [1.165, 1.54) is 36.0 Å². The minimum atomic E-state index is 0.00454. The molecule has 2 aromatic carbocycles. The molecule has 1 saturated heterocycles. The fourth-order valence-electron chi connectivity index (χ4n) is 7.62. The number of methoxy groups -OCH3 is 5. The number of hydrogen-bond donors (Lipinski definition) is 1. The van der Waals surface area contributed by atoms with Crippen LogP contribution in [-0.2, 0) is 6.54 Å². The molecular weight excluding hydrogens is 628 g/mol. The zero-order valence-electron chi connectivity index (χ0n) is 30.8. The topological polar surface area (TPSA) is 77.6 Å². The smallest absolute Gasteiger partial charge is 0.203 e. The molecule has 2 atom stereocenters. The summed E-state index contributed by atoms with van der Waals surface area (Å²) in [4.78, 5) is 10.1. The summed E-state index contributed by atoms with van der Waals surface area (Å²) in [6, 6.07) is 13.3. The summed E-state index contributed by atoms with van der Waals surface area (Å²) in [5.41, 5.74) is 6.95. The van der Waals surface area contributed by atoms with Crippen molar-refractivity contribution in [2.24, 2.45) is 5.92 Å². The van der Waals surface area contributed by atoms with E-state index >= 15 is 0 Å². The normalized spacial score (nSPS) is 19.8. The van der Waals surface area contributed by atoms with Crippen molar-refractivity contribution in [3.05, 3.63) is 83.2 Å². The van der Waals surface area contributed by atoms with Crippen LogP contribution < -0.4 is 29.0 Å². The molecule has 3 aromatic rings. The molecule has 9 nitrogen and oxygen atoms in total. The lowest BCUT2D eigenvalue weighted by atomic mass is 9.79. The summed E-state index contributed by atoms with van der Waals surface area (Å²) in [7, 11) is 8.39. The van der Waals surface area contributed by atoms with Gasteiger partial charge in [-0.2, -0.15) is 0 Å². The van der Waals surface area contributed by atoms with E-state index in [-0.39, 0.29) is 6.04 Å². The third-order valence-electron chi connectivity index (χ3n) is 10.4. The van der Waals surface area contributed by atoms with Crippen molar-refractivity contribution in [1.82, 2.24) is 20.1 Å². The lowest BCUT2D eigenvalue weighted by Gasteiger charge is -2.43. The fourth-order valence-corrected chi connectivity index (χ4v) is 7.62. The van der Waals surface area contributed by atoms with Crippen LogP contribution in [0, 0.1) is 5.92 Å². The zero-order chi connectivity index (χ0) is 35.2. The Kier molecular flexibility index (Phi) is 11.5. The summed E-state index contributed by atoms with van der Waals surface area (Å²) < 4.78 is 28.4. The third-order valence-corrected chi connectivity index (χ3v) is 10.4. The molecular formula is C41H54N4O5. The predicted molar refractivity (Wildman–Crippen MR) is 199 cm³/mol. The van der Waals surface area contributed by atoms with E-state index in [4.69, 9.17) is 28.7 Å². The first kappa shape index (κ1) is 35.6. The van der Waals surface area contributed by atoms with E-state index in [2.05, 4.69) is 71.6 Å². The number of dihydropyridines is 1. The highest BCUT2D eigenvalue weighted by Crippen LogP contribution is 2.46. The Labute approximate surface area is 298 Å². The second-order valence-corrected chi connectivity index (χ2v) is 14.1. The summed E-state index contributed by atoms with van der Waals surface area (Å²) in [5, 5.41) is 3.51. The van der Waals surface area contributed by atoms with Crippen LogP contribution in [0.3, 0.4) is 0 Å². The summed E-state index contributed by atoms with van der Waals surface area (Å²) >= 11 is 0.